The molecular formula is C12H22N4O2. The number of carbonyl (C=O) groups excluding carboxylic acids is 1. The van der Waals surface area contributed by atoms with E-state index in [0.717, 1.165) is 11.5 Å². The van der Waals surface area contributed by atoms with E-state index in [1.165, 1.54) is 0 Å². The number of hydrogen-bond acceptors (Lipinski definition) is 4. The summed E-state index contributed by atoms with van der Waals surface area (Å²) in [4.78, 5) is 18.5. The Morgan fingerprint density at radius 3 is 2.72 bits per heavy atom. The van der Waals surface area contributed by atoms with Gasteiger partial charge in [-0.15, -0.1) is 0 Å². The minimum Gasteiger partial charge on any atom is -0.444 e. The molecule has 0 fully saturated rings. The van der Waals surface area contributed by atoms with E-state index in [-0.39, 0.29) is 6.09 Å². The molecule has 6 heteroatoms. The molecule has 0 aliphatic carbocycles. The van der Waals surface area contributed by atoms with Crippen LogP contribution in [0.3, 0.4) is 0 Å². The third kappa shape index (κ3) is 6.24. The zero-order valence-corrected chi connectivity index (χ0v) is 11.5. The van der Waals surface area contributed by atoms with E-state index >= 15 is 0 Å². The Bertz CT molecular complexity index is 382. The fraction of sp³-hybridized carbons (Fsp3) is 0.667. The van der Waals surface area contributed by atoms with Gasteiger partial charge in [0.15, 0.2) is 0 Å². The molecule has 0 radical (unpaired) electrons. The third-order valence-electron chi connectivity index (χ3n) is 2.04. The van der Waals surface area contributed by atoms with Crippen LogP contribution in [0.4, 0.5) is 4.79 Å². The van der Waals surface area contributed by atoms with Crippen molar-refractivity contribution in [1.82, 2.24) is 20.6 Å². The summed E-state index contributed by atoms with van der Waals surface area (Å²) in [5.41, 5.74) is 0.579. The number of aromatic amines is 1. The van der Waals surface area contributed by atoms with Crippen LogP contribution in [0.2, 0.25) is 0 Å². The van der Waals surface area contributed by atoms with Crippen molar-refractivity contribution >= 4 is 6.09 Å². The highest BCUT2D eigenvalue weighted by atomic mass is 16.6. The molecule has 0 aliphatic rings. The lowest BCUT2D eigenvalue weighted by Crippen LogP contribution is -2.36. The monoisotopic (exact) mass is 254 g/mol. The minimum atomic E-state index is -0.453. The summed E-state index contributed by atoms with van der Waals surface area (Å²) in [6, 6.07) is 0. The van der Waals surface area contributed by atoms with Crippen molar-refractivity contribution in [3.8, 4) is 0 Å². The molecule has 0 saturated carbocycles. The van der Waals surface area contributed by atoms with E-state index in [1.807, 2.05) is 27.7 Å². The average Bonchev–Trinajstić information content (AvgIpc) is 2.61. The van der Waals surface area contributed by atoms with E-state index in [1.54, 1.807) is 6.20 Å². The highest BCUT2D eigenvalue weighted by Crippen LogP contribution is 2.05. The topological polar surface area (TPSA) is 79.0 Å². The molecule has 1 aromatic heterocycles. The van der Waals surface area contributed by atoms with Gasteiger partial charge in [-0.25, -0.2) is 9.78 Å². The van der Waals surface area contributed by atoms with Gasteiger partial charge in [-0.2, -0.15) is 0 Å². The fourth-order valence-corrected chi connectivity index (χ4v) is 1.35. The van der Waals surface area contributed by atoms with Crippen molar-refractivity contribution in [2.24, 2.45) is 0 Å². The van der Waals surface area contributed by atoms with Gasteiger partial charge >= 0.3 is 6.09 Å². The van der Waals surface area contributed by atoms with Crippen LogP contribution in [0.15, 0.2) is 6.20 Å². The molecule has 0 atom stereocenters. The first-order chi connectivity index (χ1) is 8.37. The fourth-order valence-electron chi connectivity index (χ4n) is 1.35. The van der Waals surface area contributed by atoms with Gasteiger partial charge in [0, 0.05) is 31.5 Å². The Morgan fingerprint density at radius 2 is 2.17 bits per heavy atom. The van der Waals surface area contributed by atoms with Crippen LogP contribution in [0.1, 0.15) is 32.3 Å². The van der Waals surface area contributed by atoms with Crippen LogP contribution < -0.4 is 10.6 Å². The summed E-state index contributed by atoms with van der Waals surface area (Å²) < 4.78 is 5.11. The molecule has 0 bridgehead atoms. The standard InChI is InChI=1S/C12H22N4O2/c1-9-15-8-10(16-9)7-13-5-6-14-11(17)18-12(2,3)4/h8,13H,5-7H2,1-4H3,(H,14,17)(H,15,16). The van der Waals surface area contributed by atoms with E-state index in [2.05, 4.69) is 20.6 Å². The van der Waals surface area contributed by atoms with E-state index in [9.17, 15) is 4.79 Å². The van der Waals surface area contributed by atoms with Gasteiger partial charge in [-0.1, -0.05) is 0 Å². The third-order valence-corrected chi connectivity index (χ3v) is 2.04. The number of carbonyl (C=O) groups is 1. The van der Waals surface area contributed by atoms with E-state index in [4.69, 9.17) is 4.74 Å². The number of aryl methyl sites for hydroxylation is 1. The van der Waals surface area contributed by atoms with Gasteiger partial charge in [0.25, 0.3) is 0 Å². The SMILES string of the molecule is Cc1ncc(CNCCNC(=O)OC(C)(C)C)[nH]1. The Balaban J connectivity index is 2.07. The van der Waals surface area contributed by atoms with Crippen molar-refractivity contribution in [3.63, 3.8) is 0 Å². The Hall–Kier alpha value is -1.56. The van der Waals surface area contributed by atoms with Gasteiger partial charge < -0.3 is 20.4 Å². The molecule has 0 aliphatic heterocycles. The number of amides is 1. The van der Waals surface area contributed by atoms with Crippen LogP contribution >= 0.6 is 0 Å². The Kier molecular flexibility index (Phi) is 5.15. The first kappa shape index (κ1) is 14.5. The van der Waals surface area contributed by atoms with Crippen molar-refractivity contribution in [1.29, 1.82) is 0 Å². The predicted molar refractivity (Wildman–Crippen MR) is 69.3 cm³/mol. The highest BCUT2D eigenvalue weighted by Gasteiger charge is 2.15. The number of hydrogen-bond donors (Lipinski definition) is 3. The first-order valence-electron chi connectivity index (χ1n) is 6.05. The lowest BCUT2D eigenvalue weighted by Gasteiger charge is -2.19. The number of rotatable bonds is 5. The lowest BCUT2D eigenvalue weighted by atomic mass is 10.2. The number of ether oxygens (including phenoxy) is 1. The molecule has 0 spiro atoms. The number of aromatic nitrogens is 2. The largest absolute Gasteiger partial charge is 0.444 e. The number of nitrogens with zero attached hydrogens (tertiary/aromatic N) is 1. The van der Waals surface area contributed by atoms with Gasteiger partial charge in [-0.3, -0.25) is 0 Å². The molecule has 3 N–H and O–H groups in total. The maximum atomic E-state index is 11.3. The Morgan fingerprint density at radius 1 is 1.44 bits per heavy atom. The lowest BCUT2D eigenvalue weighted by molar-refractivity contribution is 0.0528. The molecule has 0 saturated heterocycles. The molecule has 1 amide bonds. The van der Waals surface area contributed by atoms with E-state index < -0.39 is 5.60 Å². The second-order valence-electron chi connectivity index (χ2n) is 5.10. The quantitative estimate of drug-likeness (QED) is 0.693. The maximum absolute atomic E-state index is 11.3. The number of H-pyrrole nitrogens is 1. The maximum Gasteiger partial charge on any atom is 0.407 e. The average molecular weight is 254 g/mol. The van der Waals surface area contributed by atoms with Gasteiger partial charge in [0.05, 0.1) is 0 Å². The molecule has 1 heterocycles. The van der Waals surface area contributed by atoms with Gasteiger partial charge in [-0.05, 0) is 27.7 Å². The summed E-state index contributed by atoms with van der Waals surface area (Å²) in [6.07, 6.45) is 1.41. The molecular weight excluding hydrogens is 232 g/mol. The highest BCUT2D eigenvalue weighted by molar-refractivity contribution is 5.67. The Labute approximate surface area is 108 Å². The summed E-state index contributed by atoms with van der Waals surface area (Å²) in [6.45, 7) is 9.34. The van der Waals surface area contributed by atoms with Crippen molar-refractivity contribution in [3.05, 3.63) is 17.7 Å². The predicted octanol–water partition coefficient (Wildman–Crippen LogP) is 1.33. The van der Waals surface area contributed by atoms with Crippen molar-refractivity contribution in [2.45, 2.75) is 39.8 Å². The second kappa shape index (κ2) is 6.39. The molecule has 1 aromatic rings. The van der Waals surface area contributed by atoms with Crippen LogP contribution in [0.5, 0.6) is 0 Å². The second-order valence-corrected chi connectivity index (χ2v) is 5.10. The van der Waals surface area contributed by atoms with Crippen LogP contribution in [-0.4, -0.2) is 34.8 Å². The molecule has 18 heavy (non-hydrogen) atoms. The smallest absolute Gasteiger partial charge is 0.407 e. The minimum absolute atomic E-state index is 0.387. The van der Waals surface area contributed by atoms with Crippen molar-refractivity contribution < 1.29 is 9.53 Å². The molecule has 0 aromatic carbocycles. The summed E-state index contributed by atoms with van der Waals surface area (Å²) in [7, 11) is 0. The van der Waals surface area contributed by atoms with Gasteiger partial charge in [0.2, 0.25) is 0 Å². The number of nitrogens with one attached hydrogen (secondary N) is 3. The number of alkyl carbamates (subject to hydrolysis) is 1. The molecule has 0 unspecified atom stereocenters. The molecule has 6 nitrogen and oxygen atoms in total. The van der Waals surface area contributed by atoms with Crippen molar-refractivity contribution in [2.75, 3.05) is 13.1 Å². The van der Waals surface area contributed by atoms with Crippen LogP contribution in [0, 0.1) is 6.92 Å². The summed E-state index contributed by atoms with van der Waals surface area (Å²) >= 11 is 0. The molecule has 1 rings (SSSR count). The zero-order chi connectivity index (χ0) is 13.6. The first-order valence-corrected chi connectivity index (χ1v) is 6.05. The zero-order valence-electron chi connectivity index (χ0n) is 11.5. The van der Waals surface area contributed by atoms with Crippen LogP contribution in [-0.2, 0) is 11.3 Å². The van der Waals surface area contributed by atoms with E-state index in [0.29, 0.717) is 19.6 Å². The van der Waals surface area contributed by atoms with Crippen LogP contribution in [0.25, 0.3) is 0 Å². The van der Waals surface area contributed by atoms with Gasteiger partial charge in [0.1, 0.15) is 11.4 Å². The normalized spacial score (nSPS) is 11.3. The summed E-state index contributed by atoms with van der Waals surface area (Å²) in [5.74, 6) is 0.902. The summed E-state index contributed by atoms with van der Waals surface area (Å²) in [5, 5.41) is 5.87. The molecule has 102 valence electrons. The number of imidazole rings is 1.